The Morgan fingerprint density at radius 2 is 1.53 bits per heavy atom. The fourth-order valence-electron chi connectivity index (χ4n) is 4.24. The number of aliphatic carboxylic acids is 1. The molecule has 3 aliphatic rings. The standard InChI is InChI=1S/C15H25NO3/c17-13(18)15(7-9-19-10-8-15)16-11-14(12-16)5-3-1-2-4-6-14/h1-12H2,(H,17,18). The van der Waals surface area contributed by atoms with Gasteiger partial charge in [-0.25, -0.2) is 0 Å². The summed E-state index contributed by atoms with van der Waals surface area (Å²) < 4.78 is 5.36. The third-order valence-corrected chi connectivity index (χ3v) is 5.54. The van der Waals surface area contributed by atoms with Gasteiger partial charge in [0.25, 0.3) is 0 Å². The molecule has 0 aromatic heterocycles. The monoisotopic (exact) mass is 267 g/mol. The molecule has 1 saturated carbocycles. The largest absolute Gasteiger partial charge is 0.480 e. The minimum atomic E-state index is -0.640. The van der Waals surface area contributed by atoms with Crippen molar-refractivity contribution in [2.75, 3.05) is 26.3 Å². The first-order valence-corrected chi connectivity index (χ1v) is 7.73. The van der Waals surface area contributed by atoms with Crippen LogP contribution in [-0.4, -0.2) is 47.8 Å². The summed E-state index contributed by atoms with van der Waals surface area (Å²) in [5, 5.41) is 9.67. The average molecular weight is 267 g/mol. The first-order chi connectivity index (χ1) is 9.17. The van der Waals surface area contributed by atoms with Crippen LogP contribution in [-0.2, 0) is 9.53 Å². The van der Waals surface area contributed by atoms with Gasteiger partial charge in [0.1, 0.15) is 5.54 Å². The minimum absolute atomic E-state index is 0.442. The number of hydrogen-bond donors (Lipinski definition) is 1. The van der Waals surface area contributed by atoms with Crippen molar-refractivity contribution in [3.63, 3.8) is 0 Å². The zero-order valence-electron chi connectivity index (χ0n) is 11.7. The summed E-state index contributed by atoms with van der Waals surface area (Å²) in [4.78, 5) is 14.0. The van der Waals surface area contributed by atoms with Gasteiger partial charge in [0, 0.05) is 26.3 Å². The van der Waals surface area contributed by atoms with Crippen molar-refractivity contribution in [3.8, 4) is 0 Å². The van der Waals surface area contributed by atoms with Gasteiger partial charge in [0.05, 0.1) is 0 Å². The SMILES string of the molecule is O=C(O)C1(N2CC3(CCCCCC3)C2)CCOCC1. The number of carboxylic acids is 1. The third kappa shape index (κ3) is 2.29. The van der Waals surface area contributed by atoms with Gasteiger partial charge in [-0.2, -0.15) is 0 Å². The van der Waals surface area contributed by atoms with Crippen molar-refractivity contribution in [2.45, 2.75) is 56.9 Å². The molecule has 4 nitrogen and oxygen atoms in total. The molecular weight excluding hydrogens is 242 g/mol. The average Bonchev–Trinajstić information content (AvgIpc) is 2.63. The molecule has 0 bridgehead atoms. The van der Waals surface area contributed by atoms with E-state index in [0.717, 1.165) is 13.1 Å². The first-order valence-electron chi connectivity index (χ1n) is 7.73. The first kappa shape index (κ1) is 13.4. The van der Waals surface area contributed by atoms with Crippen molar-refractivity contribution >= 4 is 5.97 Å². The Labute approximate surface area is 115 Å². The van der Waals surface area contributed by atoms with E-state index in [1.165, 1.54) is 38.5 Å². The van der Waals surface area contributed by atoms with Gasteiger partial charge in [0.15, 0.2) is 0 Å². The van der Waals surface area contributed by atoms with Crippen molar-refractivity contribution in [1.29, 1.82) is 0 Å². The molecule has 19 heavy (non-hydrogen) atoms. The molecule has 2 aliphatic heterocycles. The van der Waals surface area contributed by atoms with Crippen LogP contribution in [0.15, 0.2) is 0 Å². The zero-order chi connectivity index (χ0) is 13.3. The van der Waals surface area contributed by atoms with Crippen LogP contribution in [0.3, 0.4) is 0 Å². The summed E-state index contributed by atoms with van der Waals surface area (Å²) in [6, 6.07) is 0. The summed E-state index contributed by atoms with van der Waals surface area (Å²) in [7, 11) is 0. The summed E-state index contributed by atoms with van der Waals surface area (Å²) >= 11 is 0. The highest BCUT2D eigenvalue weighted by Gasteiger charge is 2.55. The van der Waals surface area contributed by atoms with Crippen molar-refractivity contribution in [1.82, 2.24) is 4.90 Å². The van der Waals surface area contributed by atoms with Gasteiger partial charge in [-0.1, -0.05) is 25.7 Å². The number of carboxylic acid groups (broad SMARTS) is 1. The quantitative estimate of drug-likeness (QED) is 0.834. The molecule has 0 aromatic rings. The number of rotatable bonds is 2. The fraction of sp³-hybridized carbons (Fsp3) is 0.933. The van der Waals surface area contributed by atoms with Crippen LogP contribution in [0, 0.1) is 5.41 Å². The predicted octanol–water partition coefficient (Wildman–Crippen LogP) is 2.28. The van der Waals surface area contributed by atoms with Crippen LogP contribution in [0.5, 0.6) is 0 Å². The molecule has 0 unspecified atom stereocenters. The molecule has 2 saturated heterocycles. The maximum Gasteiger partial charge on any atom is 0.324 e. The van der Waals surface area contributed by atoms with Crippen LogP contribution in [0.4, 0.5) is 0 Å². The molecule has 1 N–H and O–H groups in total. The van der Waals surface area contributed by atoms with Crippen LogP contribution >= 0.6 is 0 Å². The second kappa shape index (κ2) is 5.06. The Morgan fingerprint density at radius 3 is 2.05 bits per heavy atom. The Morgan fingerprint density at radius 1 is 0.947 bits per heavy atom. The smallest absolute Gasteiger partial charge is 0.324 e. The minimum Gasteiger partial charge on any atom is -0.480 e. The van der Waals surface area contributed by atoms with Crippen LogP contribution < -0.4 is 0 Å². The summed E-state index contributed by atoms with van der Waals surface area (Å²) in [5.41, 5.74) is -0.187. The second-order valence-electron chi connectivity index (χ2n) is 6.72. The van der Waals surface area contributed by atoms with E-state index < -0.39 is 11.5 Å². The molecule has 0 atom stereocenters. The molecule has 1 aliphatic carbocycles. The van der Waals surface area contributed by atoms with E-state index in [4.69, 9.17) is 4.74 Å². The van der Waals surface area contributed by atoms with E-state index in [9.17, 15) is 9.90 Å². The lowest BCUT2D eigenvalue weighted by Crippen LogP contribution is -2.69. The summed E-state index contributed by atoms with van der Waals surface area (Å²) in [5.74, 6) is -0.640. The molecule has 0 radical (unpaired) electrons. The van der Waals surface area contributed by atoms with E-state index in [1.54, 1.807) is 0 Å². The van der Waals surface area contributed by atoms with Crippen molar-refractivity contribution < 1.29 is 14.6 Å². The lowest BCUT2D eigenvalue weighted by atomic mass is 9.70. The van der Waals surface area contributed by atoms with Gasteiger partial charge >= 0.3 is 5.97 Å². The lowest BCUT2D eigenvalue weighted by Gasteiger charge is -2.58. The van der Waals surface area contributed by atoms with E-state index >= 15 is 0 Å². The molecule has 108 valence electrons. The maximum atomic E-state index is 11.8. The number of nitrogens with zero attached hydrogens (tertiary/aromatic N) is 1. The Kier molecular flexibility index (Phi) is 3.56. The van der Waals surface area contributed by atoms with Crippen molar-refractivity contribution in [2.24, 2.45) is 5.41 Å². The highest BCUT2D eigenvalue weighted by atomic mass is 16.5. The van der Waals surface area contributed by atoms with E-state index in [0.29, 0.717) is 31.5 Å². The molecule has 0 amide bonds. The molecule has 2 heterocycles. The molecular formula is C15H25NO3. The number of ether oxygens (including phenoxy) is 1. The van der Waals surface area contributed by atoms with E-state index in [-0.39, 0.29) is 0 Å². The predicted molar refractivity (Wildman–Crippen MR) is 72.1 cm³/mol. The normalized spacial score (nSPS) is 30.5. The van der Waals surface area contributed by atoms with E-state index in [2.05, 4.69) is 4.90 Å². The van der Waals surface area contributed by atoms with Crippen molar-refractivity contribution in [3.05, 3.63) is 0 Å². The fourth-order valence-corrected chi connectivity index (χ4v) is 4.24. The van der Waals surface area contributed by atoms with Crippen LogP contribution in [0.25, 0.3) is 0 Å². The summed E-state index contributed by atoms with van der Waals surface area (Å²) in [6.07, 6.45) is 9.29. The molecule has 0 aromatic carbocycles. The summed E-state index contributed by atoms with van der Waals surface area (Å²) in [6.45, 7) is 3.18. The molecule has 3 rings (SSSR count). The zero-order valence-corrected chi connectivity index (χ0v) is 11.7. The molecule has 3 fully saturated rings. The lowest BCUT2D eigenvalue weighted by molar-refractivity contribution is -0.175. The number of likely N-dealkylation sites (tertiary alicyclic amines) is 1. The van der Waals surface area contributed by atoms with Crippen LogP contribution in [0.2, 0.25) is 0 Å². The number of hydrogen-bond acceptors (Lipinski definition) is 3. The van der Waals surface area contributed by atoms with Gasteiger partial charge in [-0.15, -0.1) is 0 Å². The van der Waals surface area contributed by atoms with Crippen LogP contribution in [0.1, 0.15) is 51.4 Å². The highest BCUT2D eigenvalue weighted by Crippen LogP contribution is 2.47. The second-order valence-corrected chi connectivity index (χ2v) is 6.72. The molecule has 4 heteroatoms. The maximum absolute atomic E-state index is 11.8. The van der Waals surface area contributed by atoms with Gasteiger partial charge in [-0.05, 0) is 31.1 Å². The Bertz CT molecular complexity index is 333. The number of carbonyl (C=O) groups is 1. The highest BCUT2D eigenvalue weighted by molar-refractivity contribution is 5.79. The Balaban J connectivity index is 1.68. The van der Waals surface area contributed by atoms with Gasteiger partial charge < -0.3 is 9.84 Å². The molecule has 1 spiro atoms. The third-order valence-electron chi connectivity index (χ3n) is 5.54. The Hall–Kier alpha value is -0.610. The van der Waals surface area contributed by atoms with E-state index in [1.807, 2.05) is 0 Å². The topological polar surface area (TPSA) is 49.8 Å². The van der Waals surface area contributed by atoms with Gasteiger partial charge in [0.2, 0.25) is 0 Å². The van der Waals surface area contributed by atoms with Gasteiger partial charge in [-0.3, -0.25) is 9.69 Å².